The minimum atomic E-state index is -5.34. The molecule has 0 aromatic heterocycles. The number of hydrogen-bond donors (Lipinski definition) is 3. The number of alkyl halides is 3. The highest BCUT2D eigenvalue weighted by Crippen LogP contribution is 2.45. The number of amides is 2. The molecule has 1 saturated heterocycles. The van der Waals surface area contributed by atoms with E-state index >= 15 is 0 Å². The number of benzene rings is 2. The van der Waals surface area contributed by atoms with Gasteiger partial charge in [-0.3, -0.25) is 4.79 Å². The van der Waals surface area contributed by atoms with Gasteiger partial charge in [-0.1, -0.05) is 41.4 Å². The molecule has 10 heteroatoms. The van der Waals surface area contributed by atoms with Gasteiger partial charge in [0.25, 0.3) is 0 Å². The molecule has 3 rings (SSSR count). The van der Waals surface area contributed by atoms with Crippen molar-refractivity contribution >= 4 is 35.0 Å². The summed E-state index contributed by atoms with van der Waals surface area (Å²) in [6.45, 7) is 0. The van der Waals surface area contributed by atoms with E-state index < -0.39 is 35.7 Å². The van der Waals surface area contributed by atoms with Crippen molar-refractivity contribution in [3.8, 4) is 0 Å². The van der Waals surface area contributed by atoms with Crippen LogP contribution in [0.25, 0.3) is 0 Å². The number of urea groups is 1. The first-order valence-corrected chi connectivity index (χ1v) is 8.72. The van der Waals surface area contributed by atoms with Crippen LogP contribution in [0.1, 0.15) is 22.0 Å². The average Bonchev–Trinajstić information content (AvgIpc) is 2.60. The third-order valence-corrected chi connectivity index (χ3v) is 5.05. The summed E-state index contributed by atoms with van der Waals surface area (Å²) in [6.07, 6.45) is -5.34. The largest absolute Gasteiger partial charge is 0.437 e. The lowest BCUT2D eigenvalue weighted by Crippen LogP contribution is -2.72. The molecule has 28 heavy (non-hydrogen) atoms. The molecular weight excluding hydrogens is 420 g/mol. The summed E-state index contributed by atoms with van der Waals surface area (Å²) < 4.78 is 41.3. The van der Waals surface area contributed by atoms with E-state index in [0.717, 1.165) is 0 Å². The summed E-state index contributed by atoms with van der Waals surface area (Å²) >= 11 is 11.9. The third-order valence-electron chi connectivity index (χ3n) is 4.46. The Balaban J connectivity index is 2.18. The van der Waals surface area contributed by atoms with Gasteiger partial charge in [0.1, 0.15) is 5.92 Å². The Morgan fingerprint density at radius 2 is 1.68 bits per heavy atom. The monoisotopic (exact) mass is 432 g/mol. The highest BCUT2D eigenvalue weighted by atomic mass is 35.5. The summed E-state index contributed by atoms with van der Waals surface area (Å²) in [5.41, 5.74) is -3.86. The van der Waals surface area contributed by atoms with Crippen molar-refractivity contribution in [2.75, 3.05) is 0 Å². The summed E-state index contributed by atoms with van der Waals surface area (Å²) in [7, 11) is 0. The fourth-order valence-electron chi connectivity index (χ4n) is 3.12. The van der Waals surface area contributed by atoms with E-state index in [-0.39, 0.29) is 21.2 Å². The standard InChI is InChI=1S/C18H13Cl2F3N2O3/c19-10-7-5-9(6-8-10)15(26)13-14(11-3-1-2-4-12(11)20)24-16(27)25-17(13,28)18(21,22)23/h1-8,13-14,28H,(H2,24,25,27)/t13-,14-,17-/m1/s1. The van der Waals surface area contributed by atoms with Crippen LogP contribution >= 0.6 is 23.2 Å². The molecule has 1 heterocycles. The second-order valence-corrected chi connectivity index (χ2v) is 7.05. The Hall–Kier alpha value is -2.29. The van der Waals surface area contributed by atoms with Crippen LogP contribution in [0.15, 0.2) is 48.5 Å². The van der Waals surface area contributed by atoms with Crippen LogP contribution < -0.4 is 10.6 Å². The van der Waals surface area contributed by atoms with Gasteiger partial charge in [0.2, 0.25) is 5.72 Å². The van der Waals surface area contributed by atoms with Crippen molar-refractivity contribution in [2.45, 2.75) is 17.9 Å². The fourth-order valence-corrected chi connectivity index (χ4v) is 3.50. The quantitative estimate of drug-likeness (QED) is 0.638. The molecule has 0 saturated carbocycles. The predicted octanol–water partition coefficient (Wildman–Crippen LogP) is 4.10. The highest BCUT2D eigenvalue weighted by Gasteiger charge is 2.66. The molecule has 0 bridgehead atoms. The maximum atomic E-state index is 13.8. The minimum absolute atomic E-state index is 0.0353. The maximum Gasteiger partial charge on any atom is 0.437 e. The molecule has 5 nitrogen and oxygen atoms in total. The van der Waals surface area contributed by atoms with Crippen LogP contribution in [0.5, 0.6) is 0 Å². The van der Waals surface area contributed by atoms with Crippen molar-refractivity contribution in [2.24, 2.45) is 5.92 Å². The Kier molecular flexibility index (Phi) is 5.31. The number of carbonyl (C=O) groups is 2. The third kappa shape index (κ3) is 3.55. The van der Waals surface area contributed by atoms with Crippen molar-refractivity contribution in [3.05, 3.63) is 69.7 Å². The van der Waals surface area contributed by atoms with E-state index in [1.165, 1.54) is 47.8 Å². The Labute approximate surface area is 167 Å². The summed E-state index contributed by atoms with van der Waals surface area (Å²) in [6, 6.07) is 8.14. The lowest BCUT2D eigenvalue weighted by molar-refractivity contribution is -0.287. The first-order chi connectivity index (χ1) is 13.0. The van der Waals surface area contributed by atoms with Crippen LogP contribution in [0.4, 0.5) is 18.0 Å². The number of Topliss-reactive ketones (excluding diaryl/α,β-unsaturated/α-hetero) is 1. The smallest absolute Gasteiger partial charge is 0.363 e. The lowest BCUT2D eigenvalue weighted by Gasteiger charge is -2.45. The summed E-state index contributed by atoms with van der Waals surface area (Å²) in [5.74, 6) is -3.19. The van der Waals surface area contributed by atoms with Crippen LogP contribution in [-0.2, 0) is 0 Å². The van der Waals surface area contributed by atoms with Crippen molar-refractivity contribution in [1.82, 2.24) is 10.6 Å². The Bertz CT molecular complexity index is 921. The van der Waals surface area contributed by atoms with Gasteiger partial charge in [0, 0.05) is 15.6 Å². The number of hydrogen-bond acceptors (Lipinski definition) is 3. The SMILES string of the molecule is O=C1N[C@H](c2ccccc2Cl)[C@H](C(=O)c2ccc(Cl)cc2)[C@@](O)(C(F)(F)F)N1. The average molecular weight is 433 g/mol. The number of ketones is 1. The molecule has 0 unspecified atom stereocenters. The number of nitrogens with one attached hydrogen (secondary N) is 2. The van der Waals surface area contributed by atoms with E-state index in [2.05, 4.69) is 5.32 Å². The lowest BCUT2D eigenvalue weighted by atomic mass is 9.77. The first-order valence-electron chi connectivity index (χ1n) is 7.96. The number of carbonyl (C=O) groups excluding carboxylic acids is 2. The minimum Gasteiger partial charge on any atom is -0.363 e. The van der Waals surface area contributed by atoms with Crippen LogP contribution in [0, 0.1) is 5.92 Å². The molecule has 3 N–H and O–H groups in total. The van der Waals surface area contributed by atoms with Gasteiger partial charge in [-0.2, -0.15) is 13.2 Å². The Morgan fingerprint density at radius 1 is 1.07 bits per heavy atom. The predicted molar refractivity (Wildman–Crippen MR) is 96.1 cm³/mol. The molecule has 0 aliphatic carbocycles. The van der Waals surface area contributed by atoms with Gasteiger partial charge < -0.3 is 15.7 Å². The number of rotatable bonds is 3. The molecule has 3 atom stereocenters. The number of halogens is 5. The van der Waals surface area contributed by atoms with Gasteiger partial charge in [0.05, 0.1) is 6.04 Å². The molecule has 1 fully saturated rings. The van der Waals surface area contributed by atoms with Gasteiger partial charge >= 0.3 is 12.2 Å². The topological polar surface area (TPSA) is 78.4 Å². The van der Waals surface area contributed by atoms with Crippen molar-refractivity contribution < 1.29 is 27.9 Å². The zero-order chi connectivity index (χ0) is 20.7. The molecule has 1 aliphatic heterocycles. The van der Waals surface area contributed by atoms with Crippen molar-refractivity contribution in [1.29, 1.82) is 0 Å². The van der Waals surface area contributed by atoms with E-state index in [1.807, 2.05) is 0 Å². The normalized spacial score (nSPS) is 25.0. The molecule has 2 aromatic rings. The number of aliphatic hydroxyl groups is 1. The van der Waals surface area contributed by atoms with E-state index in [0.29, 0.717) is 0 Å². The zero-order valence-corrected chi connectivity index (χ0v) is 15.4. The van der Waals surface area contributed by atoms with Gasteiger partial charge in [-0.25, -0.2) is 4.79 Å². The van der Waals surface area contributed by atoms with Crippen molar-refractivity contribution in [3.63, 3.8) is 0 Å². The Morgan fingerprint density at radius 3 is 2.25 bits per heavy atom. The molecule has 1 aliphatic rings. The molecule has 2 amide bonds. The fraction of sp³-hybridized carbons (Fsp3) is 0.222. The van der Waals surface area contributed by atoms with E-state index in [1.54, 1.807) is 6.07 Å². The van der Waals surface area contributed by atoms with E-state index in [9.17, 15) is 27.9 Å². The van der Waals surface area contributed by atoms with Gasteiger partial charge in [-0.05, 0) is 35.9 Å². The maximum absolute atomic E-state index is 13.8. The first kappa shape index (κ1) is 20.4. The highest BCUT2D eigenvalue weighted by molar-refractivity contribution is 6.31. The van der Waals surface area contributed by atoms with Crippen LogP contribution in [0.2, 0.25) is 10.0 Å². The summed E-state index contributed by atoms with van der Waals surface area (Å²) in [4.78, 5) is 25.0. The second kappa shape index (κ2) is 7.27. The second-order valence-electron chi connectivity index (χ2n) is 6.21. The summed E-state index contributed by atoms with van der Waals surface area (Å²) in [5, 5.41) is 14.5. The van der Waals surface area contributed by atoms with Crippen LogP contribution in [-0.4, -0.2) is 28.8 Å². The molecule has 0 radical (unpaired) electrons. The molecular formula is C18H13Cl2F3N2O3. The van der Waals surface area contributed by atoms with E-state index in [4.69, 9.17) is 23.2 Å². The van der Waals surface area contributed by atoms with Gasteiger partial charge in [-0.15, -0.1) is 0 Å². The molecule has 0 spiro atoms. The van der Waals surface area contributed by atoms with Crippen LogP contribution in [0.3, 0.4) is 0 Å². The van der Waals surface area contributed by atoms with Gasteiger partial charge in [0.15, 0.2) is 5.78 Å². The molecule has 148 valence electrons. The zero-order valence-electron chi connectivity index (χ0n) is 13.9. The molecule has 2 aromatic carbocycles.